The standard InChI is InChI=1S/C10H12F3N3OS/c1-14-8-6-7(2-3-15-8)9(17)16-4-5-18-10(11,12)13/h2-3,6H,4-5H2,1H3,(H,14,15)(H,16,17). The van der Waals surface area contributed by atoms with Crippen molar-refractivity contribution in [2.45, 2.75) is 5.51 Å². The Morgan fingerprint density at radius 3 is 2.83 bits per heavy atom. The minimum atomic E-state index is -4.26. The molecule has 1 aromatic heterocycles. The lowest BCUT2D eigenvalue weighted by Crippen LogP contribution is -2.26. The van der Waals surface area contributed by atoms with Crippen LogP contribution in [0.4, 0.5) is 19.0 Å². The number of nitrogens with one attached hydrogen (secondary N) is 2. The van der Waals surface area contributed by atoms with E-state index < -0.39 is 11.4 Å². The summed E-state index contributed by atoms with van der Waals surface area (Å²) in [5.74, 6) is -0.108. The van der Waals surface area contributed by atoms with Gasteiger partial charge in [0.15, 0.2) is 0 Å². The van der Waals surface area contributed by atoms with Crippen molar-refractivity contribution in [3.8, 4) is 0 Å². The highest BCUT2D eigenvalue weighted by atomic mass is 32.2. The highest BCUT2D eigenvalue weighted by molar-refractivity contribution is 8.00. The molecule has 0 radical (unpaired) electrons. The third kappa shape index (κ3) is 5.26. The number of rotatable bonds is 5. The van der Waals surface area contributed by atoms with Crippen LogP contribution < -0.4 is 10.6 Å². The van der Waals surface area contributed by atoms with Crippen LogP contribution in [-0.4, -0.2) is 35.7 Å². The van der Waals surface area contributed by atoms with E-state index in [1.807, 2.05) is 0 Å². The topological polar surface area (TPSA) is 54.0 Å². The van der Waals surface area contributed by atoms with Gasteiger partial charge in [-0.3, -0.25) is 4.79 Å². The number of anilines is 1. The molecule has 0 aromatic carbocycles. The molecule has 0 saturated carbocycles. The number of aromatic nitrogens is 1. The van der Waals surface area contributed by atoms with Crippen molar-refractivity contribution in [2.24, 2.45) is 0 Å². The van der Waals surface area contributed by atoms with E-state index in [0.29, 0.717) is 11.4 Å². The van der Waals surface area contributed by atoms with Gasteiger partial charge in [0.25, 0.3) is 5.91 Å². The van der Waals surface area contributed by atoms with E-state index in [-0.39, 0.29) is 24.1 Å². The predicted molar refractivity (Wildman–Crippen MR) is 64.6 cm³/mol. The number of alkyl halides is 3. The van der Waals surface area contributed by atoms with Gasteiger partial charge in [-0.25, -0.2) is 4.98 Å². The molecule has 1 heterocycles. The molecule has 0 atom stereocenters. The van der Waals surface area contributed by atoms with Gasteiger partial charge < -0.3 is 10.6 Å². The number of pyridine rings is 1. The minimum absolute atomic E-state index is 0.0414. The zero-order valence-electron chi connectivity index (χ0n) is 9.54. The molecule has 100 valence electrons. The summed E-state index contributed by atoms with van der Waals surface area (Å²) in [5, 5.41) is 5.17. The molecule has 0 unspecified atom stereocenters. The van der Waals surface area contributed by atoms with Crippen LogP contribution in [-0.2, 0) is 0 Å². The number of amides is 1. The quantitative estimate of drug-likeness (QED) is 0.811. The first-order valence-electron chi connectivity index (χ1n) is 5.05. The van der Waals surface area contributed by atoms with E-state index in [0.717, 1.165) is 0 Å². The molecule has 1 aromatic rings. The lowest BCUT2D eigenvalue weighted by molar-refractivity contribution is -0.0327. The van der Waals surface area contributed by atoms with E-state index in [9.17, 15) is 18.0 Å². The number of carbonyl (C=O) groups excluding carboxylic acids is 1. The van der Waals surface area contributed by atoms with Gasteiger partial charge in [0.1, 0.15) is 5.82 Å². The average molecular weight is 279 g/mol. The summed E-state index contributed by atoms with van der Waals surface area (Å²) in [6.45, 7) is -0.0414. The number of nitrogens with zero attached hydrogens (tertiary/aromatic N) is 1. The summed E-state index contributed by atoms with van der Waals surface area (Å²) in [5.41, 5.74) is -3.91. The predicted octanol–water partition coefficient (Wildman–Crippen LogP) is 2.11. The maximum Gasteiger partial charge on any atom is 0.441 e. The normalized spacial score (nSPS) is 11.1. The molecule has 0 aliphatic heterocycles. The smallest absolute Gasteiger partial charge is 0.373 e. The molecule has 1 amide bonds. The van der Waals surface area contributed by atoms with Crippen LogP contribution in [0.3, 0.4) is 0 Å². The van der Waals surface area contributed by atoms with Crippen LogP contribution in [0.2, 0.25) is 0 Å². The molecule has 18 heavy (non-hydrogen) atoms. The van der Waals surface area contributed by atoms with Crippen LogP contribution in [0.25, 0.3) is 0 Å². The van der Waals surface area contributed by atoms with Crippen molar-refractivity contribution < 1.29 is 18.0 Å². The Bertz CT molecular complexity index is 412. The van der Waals surface area contributed by atoms with Crippen LogP contribution >= 0.6 is 11.8 Å². The van der Waals surface area contributed by atoms with Crippen LogP contribution in [0.15, 0.2) is 18.3 Å². The van der Waals surface area contributed by atoms with Gasteiger partial charge >= 0.3 is 5.51 Å². The summed E-state index contributed by atoms with van der Waals surface area (Å²) >= 11 is -0.161. The van der Waals surface area contributed by atoms with Crippen molar-refractivity contribution in [2.75, 3.05) is 24.7 Å². The second-order valence-corrected chi connectivity index (χ2v) is 4.39. The first-order chi connectivity index (χ1) is 8.42. The second kappa shape index (κ2) is 6.48. The Labute approximate surface area is 106 Å². The molecule has 1 rings (SSSR count). The molecular formula is C10H12F3N3OS. The van der Waals surface area contributed by atoms with Gasteiger partial charge in [-0.15, -0.1) is 0 Å². The van der Waals surface area contributed by atoms with Gasteiger partial charge in [-0.05, 0) is 23.9 Å². The lowest BCUT2D eigenvalue weighted by atomic mass is 10.2. The Morgan fingerprint density at radius 2 is 2.22 bits per heavy atom. The molecule has 8 heteroatoms. The van der Waals surface area contributed by atoms with Crippen molar-refractivity contribution >= 4 is 23.5 Å². The second-order valence-electron chi connectivity index (χ2n) is 3.23. The van der Waals surface area contributed by atoms with Crippen molar-refractivity contribution in [1.82, 2.24) is 10.3 Å². The summed E-state index contributed by atoms with van der Waals surface area (Å²) in [6, 6.07) is 3.01. The number of thioether (sulfide) groups is 1. The third-order valence-electron chi connectivity index (χ3n) is 1.93. The maximum absolute atomic E-state index is 11.8. The number of hydrogen-bond donors (Lipinski definition) is 2. The van der Waals surface area contributed by atoms with E-state index in [2.05, 4.69) is 15.6 Å². The monoisotopic (exact) mass is 279 g/mol. The third-order valence-corrected chi connectivity index (χ3v) is 2.67. The molecule has 0 bridgehead atoms. The minimum Gasteiger partial charge on any atom is -0.373 e. The Kier molecular flexibility index (Phi) is 5.26. The van der Waals surface area contributed by atoms with Crippen LogP contribution in [0, 0.1) is 0 Å². The molecule has 0 aliphatic carbocycles. The molecular weight excluding hydrogens is 267 g/mol. The Balaban J connectivity index is 2.41. The van der Waals surface area contributed by atoms with Gasteiger partial charge in [-0.2, -0.15) is 13.2 Å². The first kappa shape index (κ1) is 14.6. The Hall–Kier alpha value is -1.44. The Morgan fingerprint density at radius 1 is 1.50 bits per heavy atom. The number of hydrogen-bond acceptors (Lipinski definition) is 4. The molecule has 4 nitrogen and oxygen atoms in total. The average Bonchev–Trinajstić information content (AvgIpc) is 2.33. The molecule has 0 aliphatic rings. The molecule has 2 N–H and O–H groups in total. The van der Waals surface area contributed by atoms with Crippen molar-refractivity contribution in [3.05, 3.63) is 23.9 Å². The highest BCUT2D eigenvalue weighted by Crippen LogP contribution is 2.29. The SMILES string of the molecule is CNc1cc(C(=O)NCCSC(F)(F)F)ccn1. The fourth-order valence-electron chi connectivity index (χ4n) is 1.14. The fourth-order valence-corrected chi connectivity index (χ4v) is 1.58. The zero-order chi connectivity index (χ0) is 13.6. The fraction of sp³-hybridized carbons (Fsp3) is 0.400. The largest absolute Gasteiger partial charge is 0.441 e. The zero-order valence-corrected chi connectivity index (χ0v) is 10.4. The van der Waals surface area contributed by atoms with Gasteiger partial charge in [0, 0.05) is 31.1 Å². The molecule has 0 saturated heterocycles. The lowest BCUT2D eigenvalue weighted by Gasteiger charge is -2.07. The van der Waals surface area contributed by atoms with Crippen molar-refractivity contribution in [1.29, 1.82) is 0 Å². The molecule has 0 spiro atoms. The number of halogens is 3. The van der Waals surface area contributed by atoms with Gasteiger partial charge in [0.05, 0.1) is 0 Å². The van der Waals surface area contributed by atoms with Crippen LogP contribution in [0.5, 0.6) is 0 Å². The van der Waals surface area contributed by atoms with E-state index in [4.69, 9.17) is 0 Å². The van der Waals surface area contributed by atoms with Crippen LogP contribution in [0.1, 0.15) is 10.4 Å². The maximum atomic E-state index is 11.8. The summed E-state index contributed by atoms with van der Waals surface area (Å²) in [6.07, 6.45) is 1.45. The first-order valence-corrected chi connectivity index (χ1v) is 6.03. The number of carbonyl (C=O) groups is 1. The van der Waals surface area contributed by atoms with E-state index in [1.165, 1.54) is 18.3 Å². The van der Waals surface area contributed by atoms with Crippen molar-refractivity contribution in [3.63, 3.8) is 0 Å². The molecule has 0 fully saturated rings. The van der Waals surface area contributed by atoms with E-state index in [1.54, 1.807) is 7.05 Å². The summed E-state index contributed by atoms with van der Waals surface area (Å²) in [4.78, 5) is 15.5. The van der Waals surface area contributed by atoms with E-state index >= 15 is 0 Å². The summed E-state index contributed by atoms with van der Waals surface area (Å²) < 4.78 is 35.5. The van der Waals surface area contributed by atoms with Gasteiger partial charge in [0.2, 0.25) is 0 Å². The highest BCUT2D eigenvalue weighted by Gasteiger charge is 2.27. The summed E-state index contributed by atoms with van der Waals surface area (Å²) in [7, 11) is 1.66. The van der Waals surface area contributed by atoms with Gasteiger partial charge in [-0.1, -0.05) is 0 Å².